The number of para-hydroxylation sites is 2. The SMILES string of the molecule is C.C.c1ccc2[nH]c(-c3ccc(-c4ccc(C5=NCCN5)cc4)o3)nc2c1. The van der Waals surface area contributed by atoms with E-state index in [0.717, 1.165) is 58.4 Å². The van der Waals surface area contributed by atoms with Gasteiger partial charge in [0.15, 0.2) is 11.6 Å². The third-order valence-electron chi connectivity index (χ3n) is 4.35. The molecule has 1 aliphatic heterocycles. The van der Waals surface area contributed by atoms with Crippen LogP contribution in [0, 0.1) is 0 Å². The fourth-order valence-corrected chi connectivity index (χ4v) is 3.07. The van der Waals surface area contributed by atoms with Gasteiger partial charge >= 0.3 is 0 Å². The van der Waals surface area contributed by atoms with Gasteiger partial charge in [0.2, 0.25) is 0 Å². The molecule has 0 radical (unpaired) electrons. The third kappa shape index (κ3) is 3.36. The second-order valence-electron chi connectivity index (χ2n) is 6.00. The molecule has 2 N–H and O–H groups in total. The molecular formula is C22H24N4O. The predicted molar refractivity (Wildman–Crippen MR) is 112 cm³/mol. The third-order valence-corrected chi connectivity index (χ3v) is 4.35. The van der Waals surface area contributed by atoms with Gasteiger partial charge in [-0.25, -0.2) is 4.98 Å². The number of imidazole rings is 1. The first kappa shape index (κ1) is 18.5. The number of nitrogens with zero attached hydrogens (tertiary/aromatic N) is 2. The zero-order valence-corrected chi connectivity index (χ0v) is 13.5. The summed E-state index contributed by atoms with van der Waals surface area (Å²) in [5.41, 5.74) is 4.07. The van der Waals surface area contributed by atoms with Crippen molar-refractivity contribution in [1.82, 2.24) is 15.3 Å². The number of H-pyrrole nitrogens is 1. The highest BCUT2D eigenvalue weighted by atomic mass is 16.3. The fourth-order valence-electron chi connectivity index (χ4n) is 3.07. The van der Waals surface area contributed by atoms with Crippen molar-refractivity contribution in [1.29, 1.82) is 0 Å². The van der Waals surface area contributed by atoms with Crippen LogP contribution in [0.15, 0.2) is 70.1 Å². The summed E-state index contributed by atoms with van der Waals surface area (Å²) >= 11 is 0. The van der Waals surface area contributed by atoms with Crippen molar-refractivity contribution in [3.8, 4) is 22.9 Å². The highest BCUT2D eigenvalue weighted by Crippen LogP contribution is 2.28. The van der Waals surface area contributed by atoms with E-state index >= 15 is 0 Å². The lowest BCUT2D eigenvalue weighted by Crippen LogP contribution is -2.19. The molecule has 4 aromatic rings. The average Bonchev–Trinajstić information content (AvgIpc) is 3.41. The van der Waals surface area contributed by atoms with Crippen molar-refractivity contribution in [2.75, 3.05) is 13.1 Å². The Morgan fingerprint density at radius 2 is 1.56 bits per heavy atom. The van der Waals surface area contributed by atoms with Gasteiger partial charge in [0.25, 0.3) is 0 Å². The zero-order chi connectivity index (χ0) is 16.6. The van der Waals surface area contributed by atoms with Crippen LogP contribution in [0.25, 0.3) is 33.9 Å². The van der Waals surface area contributed by atoms with Gasteiger partial charge < -0.3 is 14.7 Å². The predicted octanol–water partition coefficient (Wildman–Crippen LogP) is 5.11. The van der Waals surface area contributed by atoms with Crippen LogP contribution >= 0.6 is 0 Å². The molecule has 0 bridgehead atoms. The molecule has 3 heterocycles. The average molecular weight is 360 g/mol. The number of aliphatic imine (C=N–C) groups is 1. The monoisotopic (exact) mass is 360 g/mol. The molecule has 5 heteroatoms. The number of rotatable bonds is 3. The van der Waals surface area contributed by atoms with Gasteiger partial charge in [-0.1, -0.05) is 51.3 Å². The number of fused-ring (bicyclic) bond motifs is 1. The minimum Gasteiger partial charge on any atom is -0.453 e. The smallest absolute Gasteiger partial charge is 0.174 e. The Labute approximate surface area is 159 Å². The molecule has 0 saturated carbocycles. The fraction of sp³-hybridized carbons (Fsp3) is 0.182. The summed E-state index contributed by atoms with van der Waals surface area (Å²) in [6, 6.07) is 20.1. The molecule has 0 unspecified atom stereocenters. The van der Waals surface area contributed by atoms with Gasteiger partial charge in [-0.2, -0.15) is 0 Å². The lowest BCUT2D eigenvalue weighted by Gasteiger charge is -2.03. The van der Waals surface area contributed by atoms with Crippen LogP contribution in [0.1, 0.15) is 20.4 Å². The summed E-state index contributed by atoms with van der Waals surface area (Å²) in [4.78, 5) is 12.3. The van der Waals surface area contributed by atoms with Crippen LogP contribution in [0.5, 0.6) is 0 Å². The van der Waals surface area contributed by atoms with E-state index < -0.39 is 0 Å². The number of aromatic amines is 1. The van der Waals surface area contributed by atoms with E-state index in [4.69, 9.17) is 4.42 Å². The summed E-state index contributed by atoms with van der Waals surface area (Å²) in [5.74, 6) is 3.27. The number of nitrogens with one attached hydrogen (secondary N) is 2. The standard InChI is InChI=1S/C20H16N4O.2CH4/c1-2-4-16-15(3-1)23-20(24-16)18-10-9-17(25-18)13-5-7-14(8-6-13)19-21-11-12-22-19;;/h1-10H,11-12H2,(H,21,22)(H,23,24);2*1H4. The summed E-state index contributed by atoms with van der Waals surface area (Å²) in [6.45, 7) is 1.76. The van der Waals surface area contributed by atoms with Crippen molar-refractivity contribution in [3.05, 3.63) is 66.2 Å². The Morgan fingerprint density at radius 3 is 2.30 bits per heavy atom. The van der Waals surface area contributed by atoms with E-state index in [0.29, 0.717) is 0 Å². The van der Waals surface area contributed by atoms with E-state index in [1.54, 1.807) is 0 Å². The second kappa shape index (κ2) is 7.50. The van der Waals surface area contributed by atoms with Crippen LogP contribution in [-0.2, 0) is 0 Å². The van der Waals surface area contributed by atoms with Crippen LogP contribution in [0.3, 0.4) is 0 Å². The molecule has 1 aliphatic rings. The van der Waals surface area contributed by atoms with Crippen LogP contribution < -0.4 is 5.32 Å². The van der Waals surface area contributed by atoms with Crippen molar-refractivity contribution in [2.45, 2.75) is 14.9 Å². The Kier molecular flexibility index (Phi) is 5.12. The lowest BCUT2D eigenvalue weighted by molar-refractivity contribution is 0.593. The topological polar surface area (TPSA) is 66.2 Å². The first-order valence-corrected chi connectivity index (χ1v) is 8.31. The van der Waals surface area contributed by atoms with Gasteiger partial charge in [-0.15, -0.1) is 0 Å². The van der Waals surface area contributed by atoms with Gasteiger partial charge in [-0.05, 0) is 24.3 Å². The summed E-state index contributed by atoms with van der Waals surface area (Å²) < 4.78 is 6.01. The molecule has 0 spiro atoms. The molecule has 0 aliphatic carbocycles. The first-order chi connectivity index (χ1) is 12.4. The van der Waals surface area contributed by atoms with Crippen molar-refractivity contribution in [3.63, 3.8) is 0 Å². The Balaban J connectivity index is 0.00000105. The number of aromatic nitrogens is 2. The van der Waals surface area contributed by atoms with Gasteiger partial charge in [0.05, 0.1) is 17.6 Å². The number of amidine groups is 1. The minimum absolute atomic E-state index is 0. The van der Waals surface area contributed by atoms with Gasteiger partial charge in [0.1, 0.15) is 11.6 Å². The van der Waals surface area contributed by atoms with Crippen LogP contribution in [-0.4, -0.2) is 28.9 Å². The Hall–Kier alpha value is -3.34. The second-order valence-corrected chi connectivity index (χ2v) is 6.00. The molecule has 0 atom stereocenters. The maximum atomic E-state index is 6.01. The van der Waals surface area contributed by atoms with Crippen LogP contribution in [0.4, 0.5) is 0 Å². The molecule has 0 fully saturated rings. The van der Waals surface area contributed by atoms with E-state index in [9.17, 15) is 0 Å². The van der Waals surface area contributed by atoms with Crippen LogP contribution in [0.2, 0.25) is 0 Å². The lowest BCUT2D eigenvalue weighted by atomic mass is 10.1. The van der Waals surface area contributed by atoms with Gasteiger partial charge in [0, 0.05) is 17.7 Å². The minimum atomic E-state index is 0. The van der Waals surface area contributed by atoms with E-state index in [-0.39, 0.29) is 14.9 Å². The Morgan fingerprint density at radius 1 is 0.815 bits per heavy atom. The molecule has 27 heavy (non-hydrogen) atoms. The molecule has 0 saturated heterocycles. The molecule has 138 valence electrons. The molecule has 2 aromatic carbocycles. The molecular weight excluding hydrogens is 336 g/mol. The van der Waals surface area contributed by atoms with E-state index in [1.807, 2.05) is 36.4 Å². The Bertz CT molecular complexity index is 1040. The van der Waals surface area contributed by atoms with E-state index in [1.165, 1.54) is 0 Å². The van der Waals surface area contributed by atoms with Crippen molar-refractivity contribution >= 4 is 16.9 Å². The highest BCUT2D eigenvalue weighted by Gasteiger charge is 2.12. The number of hydrogen-bond acceptors (Lipinski definition) is 4. The summed E-state index contributed by atoms with van der Waals surface area (Å²) in [7, 11) is 0. The molecule has 5 nitrogen and oxygen atoms in total. The number of furan rings is 1. The first-order valence-electron chi connectivity index (χ1n) is 8.31. The maximum Gasteiger partial charge on any atom is 0.174 e. The highest BCUT2D eigenvalue weighted by molar-refractivity contribution is 6.00. The van der Waals surface area contributed by atoms with Gasteiger partial charge in [-0.3, -0.25) is 4.99 Å². The van der Waals surface area contributed by atoms with Crippen molar-refractivity contribution in [2.24, 2.45) is 4.99 Å². The van der Waals surface area contributed by atoms with E-state index in [2.05, 4.69) is 44.5 Å². The maximum absolute atomic E-state index is 6.01. The molecule has 5 rings (SSSR count). The van der Waals surface area contributed by atoms with Crippen molar-refractivity contribution < 1.29 is 4.42 Å². The summed E-state index contributed by atoms with van der Waals surface area (Å²) in [6.07, 6.45) is 0. The molecule has 0 amide bonds. The zero-order valence-electron chi connectivity index (χ0n) is 13.5. The largest absolute Gasteiger partial charge is 0.453 e. The normalized spacial score (nSPS) is 12.8. The quantitative estimate of drug-likeness (QED) is 0.533. The number of hydrogen-bond donors (Lipinski definition) is 2. The molecule has 2 aromatic heterocycles. The number of benzene rings is 2. The summed E-state index contributed by atoms with van der Waals surface area (Å²) in [5, 5.41) is 3.28.